The van der Waals surface area contributed by atoms with Crippen LogP contribution < -0.4 is 11.5 Å². The number of hydrogen-bond donors (Lipinski definition) is 3. The predicted octanol–water partition coefficient (Wildman–Crippen LogP) is 0.846. The first-order chi connectivity index (χ1) is 6.29. The molecule has 0 aromatic heterocycles. The monoisotopic (exact) mass is 218 g/mol. The fourth-order valence-corrected chi connectivity index (χ4v) is 3.51. The molecule has 0 rings (SSSR count). The van der Waals surface area contributed by atoms with E-state index in [4.69, 9.17) is 16.6 Å². The fourth-order valence-electron chi connectivity index (χ4n) is 1.51. The highest BCUT2D eigenvalue weighted by Gasteiger charge is 2.29. The second-order valence-corrected chi connectivity index (χ2v) is 10.4. The van der Waals surface area contributed by atoms with Crippen molar-refractivity contribution in [3.8, 4) is 0 Å². The number of hydrogen-bond acceptors (Lipinski definition) is 3. The number of nitrogens with two attached hydrogens (primary N) is 2. The summed E-state index contributed by atoms with van der Waals surface area (Å²) in [5.41, 5.74) is 11.4. The van der Waals surface area contributed by atoms with Gasteiger partial charge in [-0.15, -0.1) is 0 Å². The Labute approximate surface area is 86.7 Å². The van der Waals surface area contributed by atoms with Crippen LogP contribution in [0.4, 0.5) is 0 Å². The van der Waals surface area contributed by atoms with Crippen LogP contribution in [0.15, 0.2) is 0 Å². The van der Waals surface area contributed by atoms with E-state index in [1.807, 2.05) is 0 Å². The molecule has 0 aromatic carbocycles. The van der Waals surface area contributed by atoms with Gasteiger partial charge in [0.25, 0.3) is 0 Å². The van der Waals surface area contributed by atoms with Crippen LogP contribution in [0, 0.1) is 0 Å². The number of rotatable bonds is 6. The van der Waals surface area contributed by atoms with Crippen LogP contribution >= 0.6 is 0 Å². The van der Waals surface area contributed by atoms with Gasteiger partial charge in [-0.3, -0.25) is 4.79 Å². The van der Waals surface area contributed by atoms with Crippen molar-refractivity contribution in [2.45, 2.75) is 44.1 Å². The van der Waals surface area contributed by atoms with E-state index < -0.39 is 20.1 Å². The standard InChI is InChI=1S/C9H22N2O2Si/c1-14(2,3)7(4-5-10)6-8(11)9(12)13/h7-8H,4-6,10-11H2,1-3H3,(H,12,13)/t7?,8-/m0/s1. The van der Waals surface area contributed by atoms with E-state index >= 15 is 0 Å². The van der Waals surface area contributed by atoms with E-state index in [1.165, 1.54) is 0 Å². The van der Waals surface area contributed by atoms with Crippen LogP contribution in [0.1, 0.15) is 12.8 Å². The highest BCUT2D eigenvalue weighted by molar-refractivity contribution is 6.77. The second kappa shape index (κ2) is 5.48. The lowest BCUT2D eigenvalue weighted by Crippen LogP contribution is -2.38. The molecule has 0 aliphatic rings. The second-order valence-electron chi connectivity index (χ2n) is 4.82. The third kappa shape index (κ3) is 4.73. The Kier molecular flexibility index (Phi) is 5.32. The lowest BCUT2D eigenvalue weighted by Gasteiger charge is -2.29. The van der Waals surface area contributed by atoms with Gasteiger partial charge in [0.1, 0.15) is 6.04 Å². The number of aliphatic carboxylic acids is 1. The molecule has 1 unspecified atom stereocenters. The Hall–Kier alpha value is -0.393. The SMILES string of the molecule is C[Si](C)(C)C(CCN)C[C@H](N)C(=O)O. The van der Waals surface area contributed by atoms with Gasteiger partial charge in [0, 0.05) is 8.07 Å². The van der Waals surface area contributed by atoms with E-state index in [9.17, 15) is 4.79 Å². The van der Waals surface area contributed by atoms with E-state index in [2.05, 4.69) is 19.6 Å². The predicted molar refractivity (Wildman–Crippen MR) is 61.0 cm³/mol. The summed E-state index contributed by atoms with van der Waals surface area (Å²) in [6.07, 6.45) is 1.44. The van der Waals surface area contributed by atoms with Gasteiger partial charge >= 0.3 is 5.97 Å². The molecular formula is C9H22N2O2Si. The lowest BCUT2D eigenvalue weighted by molar-refractivity contribution is -0.138. The Morgan fingerprint density at radius 2 is 1.93 bits per heavy atom. The molecule has 0 saturated carbocycles. The summed E-state index contributed by atoms with van der Waals surface area (Å²) in [7, 11) is -1.34. The molecule has 84 valence electrons. The maximum atomic E-state index is 10.6. The quantitative estimate of drug-likeness (QED) is 0.576. The van der Waals surface area contributed by atoms with E-state index in [-0.39, 0.29) is 0 Å². The minimum absolute atomic E-state index is 0.401. The Morgan fingerprint density at radius 1 is 1.43 bits per heavy atom. The molecule has 0 aromatic rings. The van der Waals surface area contributed by atoms with Crippen molar-refractivity contribution in [2.75, 3.05) is 6.54 Å². The zero-order valence-electron chi connectivity index (χ0n) is 9.29. The van der Waals surface area contributed by atoms with Crippen molar-refractivity contribution < 1.29 is 9.90 Å². The summed E-state index contributed by atoms with van der Waals surface area (Å²) >= 11 is 0. The number of carbonyl (C=O) groups is 1. The molecule has 14 heavy (non-hydrogen) atoms. The van der Waals surface area contributed by atoms with Crippen molar-refractivity contribution in [1.29, 1.82) is 0 Å². The van der Waals surface area contributed by atoms with Gasteiger partial charge in [-0.1, -0.05) is 19.6 Å². The molecule has 0 fully saturated rings. The van der Waals surface area contributed by atoms with Crippen LogP contribution in [-0.4, -0.2) is 31.7 Å². The van der Waals surface area contributed by atoms with Crippen molar-refractivity contribution in [3.63, 3.8) is 0 Å². The van der Waals surface area contributed by atoms with Crippen LogP contribution in [0.5, 0.6) is 0 Å². The van der Waals surface area contributed by atoms with Crippen LogP contribution in [0.25, 0.3) is 0 Å². The first-order valence-electron chi connectivity index (χ1n) is 4.97. The molecule has 0 saturated heterocycles. The third-order valence-corrected chi connectivity index (χ3v) is 5.57. The normalized spacial score (nSPS) is 16.4. The zero-order chi connectivity index (χ0) is 11.4. The van der Waals surface area contributed by atoms with Gasteiger partial charge in [0.05, 0.1) is 0 Å². The Bertz CT molecular complexity index is 192. The molecule has 5 N–H and O–H groups in total. The molecule has 2 atom stereocenters. The van der Waals surface area contributed by atoms with Gasteiger partial charge in [-0.25, -0.2) is 0 Å². The molecule has 0 bridgehead atoms. The Morgan fingerprint density at radius 3 is 2.21 bits per heavy atom. The van der Waals surface area contributed by atoms with Gasteiger partial charge in [0.2, 0.25) is 0 Å². The average Bonchev–Trinajstić information content (AvgIpc) is 2.01. The summed E-state index contributed by atoms with van der Waals surface area (Å²) in [6, 6.07) is -0.738. The minimum atomic E-state index is -1.34. The molecule has 0 spiro atoms. The van der Waals surface area contributed by atoms with Gasteiger partial charge in [-0.2, -0.15) is 0 Å². The van der Waals surface area contributed by atoms with Gasteiger partial charge in [0.15, 0.2) is 0 Å². The summed E-state index contributed by atoms with van der Waals surface area (Å²) in [5.74, 6) is -0.912. The first kappa shape index (κ1) is 13.6. The molecule has 0 radical (unpaired) electrons. The maximum absolute atomic E-state index is 10.6. The largest absolute Gasteiger partial charge is 0.480 e. The van der Waals surface area contributed by atoms with E-state index in [1.54, 1.807) is 0 Å². The maximum Gasteiger partial charge on any atom is 0.320 e. The highest BCUT2D eigenvalue weighted by Crippen LogP contribution is 2.29. The molecule has 0 amide bonds. The molecular weight excluding hydrogens is 196 g/mol. The molecule has 4 nitrogen and oxygen atoms in total. The third-order valence-electron chi connectivity index (χ3n) is 2.60. The molecule has 5 heteroatoms. The summed E-state index contributed by atoms with van der Waals surface area (Å²) in [6.45, 7) is 7.28. The molecule has 0 aliphatic carbocycles. The van der Waals surface area contributed by atoms with E-state index in [0.29, 0.717) is 18.5 Å². The van der Waals surface area contributed by atoms with Crippen LogP contribution in [-0.2, 0) is 4.79 Å². The number of carboxylic acid groups (broad SMARTS) is 1. The average molecular weight is 218 g/mol. The molecule has 0 aliphatic heterocycles. The lowest BCUT2D eigenvalue weighted by atomic mass is 10.1. The van der Waals surface area contributed by atoms with E-state index in [0.717, 1.165) is 6.42 Å². The van der Waals surface area contributed by atoms with Crippen molar-refractivity contribution >= 4 is 14.0 Å². The van der Waals surface area contributed by atoms with Crippen molar-refractivity contribution in [2.24, 2.45) is 11.5 Å². The van der Waals surface area contributed by atoms with Crippen molar-refractivity contribution in [3.05, 3.63) is 0 Å². The summed E-state index contributed by atoms with van der Waals surface area (Å²) in [4.78, 5) is 10.6. The Balaban J connectivity index is 4.30. The molecule has 0 heterocycles. The number of carboxylic acids is 1. The summed E-state index contributed by atoms with van der Waals surface area (Å²) < 4.78 is 0. The van der Waals surface area contributed by atoms with Crippen molar-refractivity contribution in [1.82, 2.24) is 0 Å². The van der Waals surface area contributed by atoms with Gasteiger partial charge in [-0.05, 0) is 24.9 Å². The van der Waals surface area contributed by atoms with Crippen LogP contribution in [0.2, 0.25) is 25.2 Å². The first-order valence-corrected chi connectivity index (χ1v) is 8.55. The zero-order valence-corrected chi connectivity index (χ0v) is 10.3. The summed E-state index contributed by atoms with van der Waals surface area (Å²) in [5, 5.41) is 8.72. The smallest absolute Gasteiger partial charge is 0.320 e. The highest BCUT2D eigenvalue weighted by atomic mass is 28.3. The fraction of sp³-hybridized carbons (Fsp3) is 0.889. The topological polar surface area (TPSA) is 89.3 Å². The van der Waals surface area contributed by atoms with Gasteiger partial charge < -0.3 is 16.6 Å². The van der Waals surface area contributed by atoms with Crippen LogP contribution in [0.3, 0.4) is 0 Å². The minimum Gasteiger partial charge on any atom is -0.480 e.